The van der Waals surface area contributed by atoms with Gasteiger partial charge in [-0.05, 0) is 207 Å². The molecule has 0 saturated carbocycles. The molecule has 4 heteroatoms. The van der Waals surface area contributed by atoms with Crippen molar-refractivity contribution in [2.75, 3.05) is 0 Å². The summed E-state index contributed by atoms with van der Waals surface area (Å²) in [6, 6.07) is 136. The third-order valence-electron chi connectivity index (χ3n) is 22.8. The summed E-state index contributed by atoms with van der Waals surface area (Å²) >= 11 is 0. The summed E-state index contributed by atoms with van der Waals surface area (Å²) in [5.74, 6) is 0. The second-order valence-electron chi connectivity index (χ2n) is 28.2. The fourth-order valence-corrected chi connectivity index (χ4v) is 18.3. The normalized spacial score (nSPS) is 12.2. The summed E-state index contributed by atoms with van der Waals surface area (Å²) in [6.07, 6.45) is 0. The van der Waals surface area contributed by atoms with E-state index in [2.05, 4.69) is 382 Å². The number of aromatic nitrogens is 4. The van der Waals surface area contributed by atoms with E-state index in [1.165, 1.54) is 191 Å². The fraction of sp³-hybridized carbons (Fsp3) is 0. The Labute approximate surface area is 597 Å². The van der Waals surface area contributed by atoms with Crippen LogP contribution in [0.4, 0.5) is 0 Å². The van der Waals surface area contributed by atoms with Crippen LogP contribution in [0.5, 0.6) is 0 Å². The SMILES string of the molecule is c1ccc(-n2c3ccccc3c3cc(-c4ccc5c6ccccc6n(-c6cc7ccc8cc(-c9ccc%10c(c9)c9ccc(-c%11ccc%12c(c%11)c%11ccccc%11n%12-c%11ccccc%11)cc9n%10-c9cc%10c%11ccccc%11c%11ccccc%11c%10c%10ccccc9%10)ccc8c7c7ccccc67)c5c4)ccc32)cc1. The van der Waals surface area contributed by atoms with Gasteiger partial charge < -0.3 is 18.3 Å². The average molecular weight is 1320 g/mol. The summed E-state index contributed by atoms with van der Waals surface area (Å²) in [4.78, 5) is 0. The first-order chi connectivity index (χ1) is 51.6. The molecule has 4 nitrogen and oxygen atoms in total. The summed E-state index contributed by atoms with van der Waals surface area (Å²) in [7, 11) is 0. The van der Waals surface area contributed by atoms with E-state index in [-0.39, 0.29) is 0 Å². The molecule has 0 aliphatic rings. The Morgan fingerprint density at radius 1 is 0.135 bits per heavy atom. The molecule has 0 aliphatic heterocycles. The maximum absolute atomic E-state index is 2.57. The zero-order chi connectivity index (χ0) is 67.8. The number of hydrogen-bond donors (Lipinski definition) is 0. The lowest BCUT2D eigenvalue weighted by Gasteiger charge is -2.18. The Morgan fingerprint density at radius 2 is 0.442 bits per heavy atom. The lowest BCUT2D eigenvalue weighted by atomic mass is 9.90. The van der Waals surface area contributed by atoms with Crippen molar-refractivity contribution in [1.82, 2.24) is 18.3 Å². The Hall–Kier alpha value is -13.8. The molecule has 0 radical (unpaired) electrons. The minimum Gasteiger partial charge on any atom is -0.309 e. The van der Waals surface area contributed by atoms with Crippen LogP contribution in [0, 0.1) is 0 Å². The highest BCUT2D eigenvalue weighted by molar-refractivity contribution is 6.33. The predicted octanol–water partition coefficient (Wildman–Crippen LogP) is 27.1. The number of rotatable bonds is 7. The predicted molar refractivity (Wildman–Crippen MR) is 443 cm³/mol. The highest BCUT2D eigenvalue weighted by atomic mass is 15.0. The zero-order valence-corrected chi connectivity index (χ0v) is 56.4. The van der Waals surface area contributed by atoms with Crippen molar-refractivity contribution >= 4 is 163 Å². The van der Waals surface area contributed by atoms with Gasteiger partial charge in [0.15, 0.2) is 0 Å². The van der Waals surface area contributed by atoms with E-state index in [9.17, 15) is 0 Å². The van der Waals surface area contributed by atoms with Crippen molar-refractivity contribution in [2.24, 2.45) is 0 Å². The summed E-state index contributed by atoms with van der Waals surface area (Å²) in [5.41, 5.74) is 21.2. The van der Waals surface area contributed by atoms with Gasteiger partial charge in [0.2, 0.25) is 0 Å². The number of benzene rings is 19. The fourth-order valence-electron chi connectivity index (χ4n) is 18.3. The minimum atomic E-state index is 1.15. The Bertz CT molecular complexity index is 7650. The molecule has 0 amide bonds. The molecule has 19 aromatic carbocycles. The van der Waals surface area contributed by atoms with Gasteiger partial charge in [-0.15, -0.1) is 0 Å². The van der Waals surface area contributed by atoms with E-state index in [0.29, 0.717) is 0 Å². The minimum absolute atomic E-state index is 1.15. The van der Waals surface area contributed by atoms with Gasteiger partial charge >= 0.3 is 0 Å². The monoisotopic (exact) mass is 1320 g/mol. The van der Waals surface area contributed by atoms with Crippen LogP contribution in [0.1, 0.15) is 0 Å². The van der Waals surface area contributed by atoms with Crippen LogP contribution in [0.25, 0.3) is 219 Å². The molecule has 0 bridgehead atoms. The third-order valence-corrected chi connectivity index (χ3v) is 22.8. The molecule has 0 atom stereocenters. The van der Waals surface area contributed by atoms with Gasteiger partial charge in [0, 0.05) is 65.2 Å². The number of nitrogens with zero attached hydrogens (tertiary/aromatic N) is 4. The van der Waals surface area contributed by atoms with Crippen molar-refractivity contribution in [2.45, 2.75) is 0 Å². The lowest BCUT2D eigenvalue weighted by Crippen LogP contribution is -1.97. The molecule has 23 rings (SSSR count). The molecule has 480 valence electrons. The average Bonchev–Trinajstić information content (AvgIpc) is 1.59. The molecule has 104 heavy (non-hydrogen) atoms. The van der Waals surface area contributed by atoms with Gasteiger partial charge in [-0.2, -0.15) is 0 Å². The van der Waals surface area contributed by atoms with E-state index in [4.69, 9.17) is 0 Å². The second-order valence-corrected chi connectivity index (χ2v) is 28.2. The van der Waals surface area contributed by atoms with Gasteiger partial charge in [0.25, 0.3) is 0 Å². The van der Waals surface area contributed by atoms with E-state index in [1.807, 2.05) is 0 Å². The third kappa shape index (κ3) is 8.19. The lowest BCUT2D eigenvalue weighted by molar-refractivity contribution is 1.18. The molecular formula is C100H60N4. The molecule has 0 unspecified atom stereocenters. The van der Waals surface area contributed by atoms with Gasteiger partial charge in [0.1, 0.15) is 0 Å². The van der Waals surface area contributed by atoms with E-state index in [1.54, 1.807) is 0 Å². The van der Waals surface area contributed by atoms with Gasteiger partial charge in [-0.25, -0.2) is 0 Å². The molecule has 0 aliphatic carbocycles. The molecule has 0 fully saturated rings. The maximum Gasteiger partial charge on any atom is 0.0547 e. The molecule has 0 N–H and O–H groups in total. The second kappa shape index (κ2) is 21.9. The van der Waals surface area contributed by atoms with E-state index >= 15 is 0 Å². The quantitative estimate of drug-likeness (QED) is 0.142. The van der Waals surface area contributed by atoms with Crippen molar-refractivity contribution in [3.05, 3.63) is 364 Å². The Balaban J connectivity index is 0.688. The van der Waals surface area contributed by atoms with Crippen molar-refractivity contribution in [3.63, 3.8) is 0 Å². The van der Waals surface area contributed by atoms with Crippen LogP contribution in [-0.4, -0.2) is 18.3 Å². The molecule has 4 aromatic heterocycles. The Kier molecular flexibility index (Phi) is 12.0. The number of hydrogen-bond acceptors (Lipinski definition) is 0. The molecule has 0 saturated heterocycles. The van der Waals surface area contributed by atoms with E-state index in [0.717, 1.165) is 28.1 Å². The molecule has 23 aromatic rings. The molecular weight excluding hydrogens is 1260 g/mol. The van der Waals surface area contributed by atoms with Gasteiger partial charge in [0.05, 0.1) is 55.5 Å². The zero-order valence-electron chi connectivity index (χ0n) is 56.4. The van der Waals surface area contributed by atoms with Gasteiger partial charge in [-0.3, -0.25) is 0 Å². The van der Waals surface area contributed by atoms with E-state index < -0.39 is 0 Å². The standard InChI is InChI=1S/C100H60N4/c1-3-21-69(22-4-1)101-89-36-18-16-31-78(89)85-55-63(44-50-92(85)101)65-42-48-80-75-28-15-20-38-91(75)103(95(80)57-65)97-59-68-40-39-67-53-61(41-47-71(67)99(68)83-34-13-10-29-76(83)97)62-46-52-94-87(54-62)81-49-43-66(64-45-51-93-86(56-64)79-32-17-19-37-90(79)102(93)70-23-5-2-6-24-70)58-96(81)104(94)98-60-88-74-27-8-7-25-72(74)73-26-9-12-33-82(73)100(88)84-35-14-11-30-77(84)98/h1-60H. The van der Waals surface area contributed by atoms with Crippen LogP contribution in [-0.2, 0) is 0 Å². The summed E-state index contributed by atoms with van der Waals surface area (Å²) in [6.45, 7) is 0. The maximum atomic E-state index is 2.57. The van der Waals surface area contributed by atoms with Crippen molar-refractivity contribution in [3.8, 4) is 56.1 Å². The topological polar surface area (TPSA) is 19.7 Å². The number of para-hydroxylation sites is 5. The summed E-state index contributed by atoms with van der Waals surface area (Å²) in [5, 5.41) is 27.2. The Morgan fingerprint density at radius 3 is 0.952 bits per heavy atom. The first-order valence-electron chi connectivity index (χ1n) is 36.0. The van der Waals surface area contributed by atoms with Crippen LogP contribution < -0.4 is 0 Å². The first kappa shape index (κ1) is 57.0. The van der Waals surface area contributed by atoms with Crippen molar-refractivity contribution in [1.29, 1.82) is 0 Å². The van der Waals surface area contributed by atoms with Crippen LogP contribution in [0.2, 0.25) is 0 Å². The number of fused-ring (bicyclic) bond motifs is 25. The van der Waals surface area contributed by atoms with Crippen molar-refractivity contribution < 1.29 is 0 Å². The van der Waals surface area contributed by atoms with Crippen LogP contribution in [0.15, 0.2) is 364 Å². The van der Waals surface area contributed by atoms with Crippen LogP contribution >= 0.6 is 0 Å². The first-order valence-corrected chi connectivity index (χ1v) is 36.0. The molecule has 0 spiro atoms. The largest absolute Gasteiger partial charge is 0.309 e. The highest BCUT2D eigenvalue weighted by Gasteiger charge is 2.24. The van der Waals surface area contributed by atoms with Crippen LogP contribution in [0.3, 0.4) is 0 Å². The summed E-state index contributed by atoms with van der Waals surface area (Å²) < 4.78 is 9.88. The molecule has 4 heterocycles. The van der Waals surface area contributed by atoms with Gasteiger partial charge in [-0.1, -0.05) is 255 Å². The smallest absolute Gasteiger partial charge is 0.0547 e. The highest BCUT2D eigenvalue weighted by Crippen LogP contribution is 2.48.